The van der Waals surface area contributed by atoms with Gasteiger partial charge in [0.05, 0.1) is 6.61 Å². The number of esters is 1. The molecule has 0 atom stereocenters. The van der Waals surface area contributed by atoms with Gasteiger partial charge in [0.25, 0.3) is 0 Å². The summed E-state index contributed by atoms with van der Waals surface area (Å²) in [5.41, 5.74) is 6.07. The molecule has 0 saturated heterocycles. The molecule has 2 N–H and O–H groups in total. The van der Waals surface area contributed by atoms with Gasteiger partial charge in [-0.2, -0.15) is 0 Å². The molecular weight excluding hydrogens is 266 g/mol. The number of ether oxygens (including phenoxy) is 1. The number of aryl methyl sites for hydroxylation is 2. The van der Waals surface area contributed by atoms with Crippen LogP contribution >= 0.6 is 11.3 Å². The second-order valence-electron chi connectivity index (χ2n) is 3.78. The number of carbonyl (C=O) groups is 1. The summed E-state index contributed by atoms with van der Waals surface area (Å²) < 4.78 is 6.53. The first-order chi connectivity index (χ1) is 9.08. The first kappa shape index (κ1) is 13.5. The zero-order chi connectivity index (χ0) is 14.0. The fourth-order valence-electron chi connectivity index (χ4n) is 1.62. The second-order valence-corrected chi connectivity index (χ2v) is 4.82. The molecule has 0 spiro atoms. The average Bonchev–Trinajstić information content (AvgIpc) is 2.94. The Morgan fingerprint density at radius 1 is 1.42 bits per heavy atom. The number of carbonyl (C=O) groups excluding carboxylic acids is 1. The first-order valence-electron chi connectivity index (χ1n) is 5.93. The fourth-order valence-corrected chi connectivity index (χ4v) is 2.46. The van der Waals surface area contributed by atoms with Crippen LogP contribution in [0.3, 0.4) is 0 Å². The van der Waals surface area contributed by atoms with E-state index in [-0.39, 0.29) is 18.1 Å². The van der Waals surface area contributed by atoms with Gasteiger partial charge in [0.2, 0.25) is 5.13 Å². The first-order valence-corrected chi connectivity index (χ1v) is 6.74. The van der Waals surface area contributed by atoms with Gasteiger partial charge in [0.15, 0.2) is 5.69 Å². The molecule has 19 heavy (non-hydrogen) atoms. The molecule has 0 radical (unpaired) electrons. The summed E-state index contributed by atoms with van der Waals surface area (Å²) in [6.07, 6.45) is 0.802. The van der Waals surface area contributed by atoms with Gasteiger partial charge >= 0.3 is 5.97 Å². The van der Waals surface area contributed by atoms with Gasteiger partial charge in [-0.1, -0.05) is 18.3 Å². The Hall–Kier alpha value is -1.96. The van der Waals surface area contributed by atoms with E-state index < -0.39 is 5.97 Å². The Labute approximate surface area is 114 Å². The number of hydrogen-bond donors (Lipinski definition) is 1. The minimum atomic E-state index is -0.526. The highest BCUT2D eigenvalue weighted by atomic mass is 32.1. The number of nitrogens with zero attached hydrogens (tertiary/aromatic N) is 4. The molecule has 0 amide bonds. The van der Waals surface area contributed by atoms with Gasteiger partial charge in [-0.05, 0) is 20.3 Å². The number of imidazole rings is 1. The molecule has 2 rings (SSSR count). The highest BCUT2D eigenvalue weighted by Gasteiger charge is 2.22. The summed E-state index contributed by atoms with van der Waals surface area (Å²) in [6.45, 7) is 5.77. The lowest BCUT2D eigenvalue weighted by molar-refractivity contribution is 0.0521. The van der Waals surface area contributed by atoms with Crippen molar-refractivity contribution < 1.29 is 9.53 Å². The van der Waals surface area contributed by atoms with Crippen LogP contribution in [0.25, 0.3) is 5.13 Å². The molecule has 2 aromatic rings. The van der Waals surface area contributed by atoms with Gasteiger partial charge in [-0.25, -0.2) is 9.78 Å². The van der Waals surface area contributed by atoms with Gasteiger partial charge in [0, 0.05) is 0 Å². The monoisotopic (exact) mass is 281 g/mol. The Bertz CT molecular complexity index is 604. The minimum absolute atomic E-state index is 0.118. The molecule has 0 fully saturated rings. The van der Waals surface area contributed by atoms with Crippen molar-refractivity contribution in [2.75, 3.05) is 12.3 Å². The van der Waals surface area contributed by atoms with E-state index in [0.29, 0.717) is 11.0 Å². The van der Waals surface area contributed by atoms with E-state index in [4.69, 9.17) is 10.5 Å². The molecule has 0 aliphatic heterocycles. The molecular formula is C11H15N5O2S. The highest BCUT2D eigenvalue weighted by molar-refractivity contribution is 7.13. The lowest BCUT2D eigenvalue weighted by Crippen LogP contribution is -2.09. The molecule has 2 heterocycles. The van der Waals surface area contributed by atoms with Crippen molar-refractivity contribution in [3.63, 3.8) is 0 Å². The summed E-state index contributed by atoms with van der Waals surface area (Å²) in [5.74, 6) is 0.288. The molecule has 0 unspecified atom stereocenters. The summed E-state index contributed by atoms with van der Waals surface area (Å²) in [5, 5.41) is 9.60. The van der Waals surface area contributed by atoms with Crippen molar-refractivity contribution in [1.29, 1.82) is 0 Å². The molecule has 0 aromatic carbocycles. The second kappa shape index (κ2) is 5.35. The zero-order valence-corrected chi connectivity index (χ0v) is 11.8. The van der Waals surface area contributed by atoms with E-state index in [9.17, 15) is 4.79 Å². The smallest absolute Gasteiger partial charge is 0.360 e. The lowest BCUT2D eigenvalue weighted by Gasteiger charge is -2.02. The van der Waals surface area contributed by atoms with E-state index in [1.54, 1.807) is 18.4 Å². The van der Waals surface area contributed by atoms with Crippen LogP contribution in [0, 0.1) is 6.92 Å². The van der Waals surface area contributed by atoms with Crippen molar-refractivity contribution in [1.82, 2.24) is 19.7 Å². The summed E-state index contributed by atoms with van der Waals surface area (Å²) in [4.78, 5) is 15.9. The predicted molar refractivity (Wildman–Crippen MR) is 71.5 cm³/mol. The molecule has 0 aliphatic rings. The molecule has 0 aliphatic carbocycles. The van der Waals surface area contributed by atoms with Crippen molar-refractivity contribution in [3.8, 4) is 5.13 Å². The Morgan fingerprint density at radius 3 is 2.74 bits per heavy atom. The third kappa shape index (κ3) is 2.43. The van der Waals surface area contributed by atoms with Gasteiger partial charge in [0.1, 0.15) is 16.6 Å². The highest BCUT2D eigenvalue weighted by Crippen LogP contribution is 2.23. The van der Waals surface area contributed by atoms with Gasteiger partial charge < -0.3 is 10.5 Å². The minimum Gasteiger partial charge on any atom is -0.461 e. The Morgan fingerprint density at radius 2 is 2.16 bits per heavy atom. The maximum absolute atomic E-state index is 11.7. The van der Waals surface area contributed by atoms with Crippen molar-refractivity contribution in [2.45, 2.75) is 27.2 Å². The maximum Gasteiger partial charge on any atom is 0.360 e. The SMILES string of the molecule is CCOC(=O)c1nc(C)n(-c2nnc(CC)s2)c1N. The van der Waals surface area contributed by atoms with Crippen molar-refractivity contribution in [2.24, 2.45) is 0 Å². The Kier molecular flexibility index (Phi) is 3.79. The topological polar surface area (TPSA) is 95.9 Å². The van der Waals surface area contributed by atoms with Crippen LogP contribution in [-0.4, -0.2) is 32.3 Å². The van der Waals surface area contributed by atoms with Crippen LogP contribution in [0.5, 0.6) is 0 Å². The number of hydrogen-bond acceptors (Lipinski definition) is 7. The fraction of sp³-hybridized carbons (Fsp3) is 0.455. The normalized spacial score (nSPS) is 10.7. The largest absolute Gasteiger partial charge is 0.461 e. The predicted octanol–water partition coefficient (Wildman–Crippen LogP) is 1.35. The number of anilines is 1. The molecule has 7 nitrogen and oxygen atoms in total. The van der Waals surface area contributed by atoms with Crippen molar-refractivity contribution in [3.05, 3.63) is 16.5 Å². The lowest BCUT2D eigenvalue weighted by atomic mass is 10.4. The zero-order valence-electron chi connectivity index (χ0n) is 11.0. The van der Waals surface area contributed by atoms with Crippen molar-refractivity contribution >= 4 is 23.1 Å². The van der Waals surface area contributed by atoms with Gasteiger partial charge in [-0.3, -0.25) is 4.57 Å². The van der Waals surface area contributed by atoms with E-state index in [1.165, 1.54) is 11.3 Å². The summed E-state index contributed by atoms with van der Waals surface area (Å²) >= 11 is 1.42. The molecule has 8 heteroatoms. The number of aromatic nitrogens is 4. The molecule has 2 aromatic heterocycles. The molecule has 0 bridgehead atoms. The van der Waals surface area contributed by atoms with E-state index in [2.05, 4.69) is 15.2 Å². The third-order valence-corrected chi connectivity index (χ3v) is 3.55. The average molecular weight is 281 g/mol. The summed E-state index contributed by atoms with van der Waals surface area (Å²) in [6, 6.07) is 0. The maximum atomic E-state index is 11.7. The van der Waals surface area contributed by atoms with Crippen LogP contribution in [0.2, 0.25) is 0 Å². The van der Waals surface area contributed by atoms with Crippen LogP contribution in [0.1, 0.15) is 35.2 Å². The van der Waals surface area contributed by atoms with Gasteiger partial charge in [-0.15, -0.1) is 10.2 Å². The Balaban J connectivity index is 2.44. The van der Waals surface area contributed by atoms with E-state index in [1.807, 2.05) is 6.92 Å². The van der Waals surface area contributed by atoms with Crippen LogP contribution in [0.15, 0.2) is 0 Å². The standard InChI is InChI=1S/C11H15N5O2S/c1-4-7-14-15-11(19-7)16-6(3)13-8(9(16)12)10(17)18-5-2/h4-5,12H2,1-3H3. The van der Waals surface area contributed by atoms with Crippen LogP contribution in [-0.2, 0) is 11.2 Å². The molecule has 102 valence electrons. The van der Waals surface area contributed by atoms with E-state index >= 15 is 0 Å². The van der Waals surface area contributed by atoms with Crippen LogP contribution in [0.4, 0.5) is 5.82 Å². The van der Waals surface area contributed by atoms with E-state index in [0.717, 1.165) is 11.4 Å². The quantitative estimate of drug-likeness (QED) is 0.850. The number of rotatable bonds is 4. The summed E-state index contributed by atoms with van der Waals surface area (Å²) in [7, 11) is 0. The molecule has 0 saturated carbocycles. The van der Waals surface area contributed by atoms with Crippen LogP contribution < -0.4 is 5.73 Å². The number of nitrogen functional groups attached to an aromatic ring is 1. The third-order valence-electron chi connectivity index (χ3n) is 2.50. The number of nitrogens with two attached hydrogens (primary N) is 1.